The summed E-state index contributed by atoms with van der Waals surface area (Å²) in [6, 6.07) is 31.8. The smallest absolute Gasteiger partial charge is 0.174 e. The van der Waals surface area contributed by atoms with Crippen LogP contribution in [0.15, 0.2) is 108 Å². The van der Waals surface area contributed by atoms with Crippen molar-refractivity contribution in [2.45, 2.75) is 25.0 Å². The summed E-state index contributed by atoms with van der Waals surface area (Å²) in [5.74, 6) is 2.47. The molecule has 0 saturated heterocycles. The van der Waals surface area contributed by atoms with Gasteiger partial charge in [0.2, 0.25) is 0 Å². The minimum absolute atomic E-state index is 0.289. The van der Waals surface area contributed by atoms with Crippen LogP contribution in [-0.4, -0.2) is 13.3 Å². The lowest BCUT2D eigenvalue weighted by Crippen LogP contribution is -2.28. The van der Waals surface area contributed by atoms with Gasteiger partial charge >= 0.3 is 0 Å². The summed E-state index contributed by atoms with van der Waals surface area (Å²) in [6.07, 6.45) is 7.69. The molecule has 0 spiro atoms. The summed E-state index contributed by atoms with van der Waals surface area (Å²) in [7, 11) is 1.67. The highest BCUT2D eigenvalue weighted by Crippen LogP contribution is 2.49. The van der Waals surface area contributed by atoms with Crippen molar-refractivity contribution in [3.8, 4) is 11.5 Å². The Balaban J connectivity index is 1.17. The van der Waals surface area contributed by atoms with Gasteiger partial charge in [-0.2, -0.15) is 0 Å². The highest BCUT2D eigenvalue weighted by atomic mass is 127. The second kappa shape index (κ2) is 11.0. The molecule has 6 rings (SSSR count). The number of benzene rings is 4. The lowest BCUT2D eigenvalue weighted by Gasteiger charge is -2.37. The van der Waals surface area contributed by atoms with Crippen LogP contribution in [0.2, 0.25) is 0 Å². The van der Waals surface area contributed by atoms with Crippen molar-refractivity contribution in [2.24, 2.45) is 10.9 Å². The van der Waals surface area contributed by atoms with Gasteiger partial charge in [-0.25, -0.2) is 0 Å². The van der Waals surface area contributed by atoms with Crippen LogP contribution < -0.4 is 14.8 Å². The molecule has 0 fully saturated rings. The first-order valence-corrected chi connectivity index (χ1v) is 14.0. The average Bonchev–Trinajstić information content (AvgIpc) is 3.46. The van der Waals surface area contributed by atoms with E-state index >= 15 is 0 Å². The summed E-state index contributed by atoms with van der Waals surface area (Å²) < 4.78 is 12.7. The third-order valence-corrected chi connectivity index (χ3v) is 8.17. The van der Waals surface area contributed by atoms with Gasteiger partial charge in [0.15, 0.2) is 11.5 Å². The normalized spacial score (nSPS) is 19.6. The molecule has 1 heterocycles. The number of fused-ring (bicyclic) bond motifs is 3. The molecule has 0 unspecified atom stereocenters. The number of nitrogens with one attached hydrogen (secondary N) is 1. The number of allylic oxidation sites excluding steroid dienone is 2. The van der Waals surface area contributed by atoms with Crippen LogP contribution in [0, 0.1) is 9.49 Å². The lowest BCUT2D eigenvalue weighted by molar-refractivity contribution is 0.282. The number of hydrogen-bond donors (Lipinski definition) is 1. The van der Waals surface area contributed by atoms with Gasteiger partial charge in [-0.3, -0.25) is 4.99 Å². The monoisotopic (exact) mass is 612 g/mol. The molecule has 0 amide bonds. The van der Waals surface area contributed by atoms with Crippen LogP contribution in [0.5, 0.6) is 11.5 Å². The van der Waals surface area contributed by atoms with E-state index in [1.54, 1.807) is 7.11 Å². The third-order valence-electron chi connectivity index (χ3n) is 7.36. The average molecular weight is 613 g/mol. The molecular weight excluding hydrogens is 583 g/mol. The Morgan fingerprint density at radius 1 is 0.974 bits per heavy atom. The predicted octanol–water partition coefficient (Wildman–Crippen LogP) is 8.46. The van der Waals surface area contributed by atoms with Gasteiger partial charge in [-0.1, -0.05) is 72.8 Å². The second-order valence-electron chi connectivity index (χ2n) is 9.72. The summed E-state index contributed by atoms with van der Waals surface area (Å²) in [6.45, 7) is 0.492. The molecular formula is C33H29IN2O2. The van der Waals surface area contributed by atoms with Gasteiger partial charge in [0.05, 0.1) is 22.4 Å². The number of hydrogen-bond acceptors (Lipinski definition) is 4. The number of aliphatic imine (C=N–C) groups is 1. The number of rotatable bonds is 7. The molecule has 0 bridgehead atoms. The first kappa shape index (κ1) is 24.7. The molecule has 190 valence electrons. The molecule has 0 radical (unpaired) electrons. The summed E-state index contributed by atoms with van der Waals surface area (Å²) >= 11 is 2.29. The SMILES string of the molecule is COc1cc(C=Nc2ccc([C@@H]3Nc4ccccc4[C@H]4C=CC[C@H]43)cc2)cc(I)c1OCc1ccccc1. The van der Waals surface area contributed by atoms with Crippen molar-refractivity contribution in [1.29, 1.82) is 0 Å². The highest BCUT2D eigenvalue weighted by molar-refractivity contribution is 14.1. The maximum Gasteiger partial charge on any atom is 0.174 e. The molecule has 38 heavy (non-hydrogen) atoms. The zero-order chi connectivity index (χ0) is 25.9. The largest absolute Gasteiger partial charge is 0.493 e. The minimum Gasteiger partial charge on any atom is -0.493 e. The zero-order valence-electron chi connectivity index (χ0n) is 21.2. The minimum atomic E-state index is 0.289. The predicted molar refractivity (Wildman–Crippen MR) is 163 cm³/mol. The van der Waals surface area contributed by atoms with Crippen molar-refractivity contribution in [3.63, 3.8) is 0 Å². The van der Waals surface area contributed by atoms with Crippen LogP contribution in [-0.2, 0) is 6.61 Å². The summed E-state index contributed by atoms with van der Waals surface area (Å²) in [5, 5.41) is 3.80. The molecule has 0 aromatic heterocycles. The standard InChI is InChI=1S/C33H29IN2O2/c1-37-31-19-23(18-29(34)33(31)38-21-22-8-3-2-4-9-22)20-35-25-16-14-24(15-17-25)32-28-12-7-11-26(28)27-10-5-6-13-30(27)36-32/h2-11,13-20,26,28,32,36H,12,21H2,1H3/t26-,28-,32+/m1/s1. The van der Waals surface area contributed by atoms with E-state index in [-0.39, 0.29) is 6.04 Å². The van der Waals surface area contributed by atoms with Crippen molar-refractivity contribution >= 4 is 40.2 Å². The van der Waals surface area contributed by atoms with E-state index in [0.717, 1.165) is 32.6 Å². The van der Waals surface area contributed by atoms with E-state index in [9.17, 15) is 0 Å². The van der Waals surface area contributed by atoms with Crippen molar-refractivity contribution < 1.29 is 9.47 Å². The van der Waals surface area contributed by atoms with Gasteiger partial charge in [-0.15, -0.1) is 0 Å². The Hall–Kier alpha value is -3.58. The molecule has 1 aliphatic heterocycles. The van der Waals surface area contributed by atoms with Crippen LogP contribution in [0.3, 0.4) is 0 Å². The number of anilines is 1. The Labute approximate surface area is 237 Å². The maximum atomic E-state index is 6.10. The number of halogens is 1. The van der Waals surface area contributed by atoms with Gasteiger partial charge in [0.1, 0.15) is 6.61 Å². The molecule has 4 nitrogen and oxygen atoms in total. The first-order chi connectivity index (χ1) is 18.7. The van der Waals surface area contributed by atoms with Gasteiger partial charge in [0, 0.05) is 17.8 Å². The summed E-state index contributed by atoms with van der Waals surface area (Å²) in [5.41, 5.74) is 6.95. The third kappa shape index (κ3) is 5.07. The molecule has 2 aliphatic rings. The highest BCUT2D eigenvalue weighted by Gasteiger charge is 2.37. The molecule has 1 aliphatic carbocycles. The van der Waals surface area contributed by atoms with E-state index in [1.165, 1.54) is 16.8 Å². The number of para-hydroxylation sites is 1. The first-order valence-electron chi connectivity index (χ1n) is 12.9. The van der Waals surface area contributed by atoms with Gasteiger partial charge in [-0.05, 0) is 87.5 Å². The molecule has 3 atom stereocenters. The second-order valence-corrected chi connectivity index (χ2v) is 10.9. The van der Waals surface area contributed by atoms with E-state index in [0.29, 0.717) is 24.2 Å². The van der Waals surface area contributed by atoms with Gasteiger partial charge < -0.3 is 14.8 Å². The van der Waals surface area contributed by atoms with Crippen LogP contribution in [0.1, 0.15) is 40.6 Å². The molecule has 1 N–H and O–H groups in total. The van der Waals surface area contributed by atoms with E-state index in [4.69, 9.17) is 14.5 Å². The maximum absolute atomic E-state index is 6.10. The number of nitrogens with zero attached hydrogens (tertiary/aromatic N) is 1. The number of methoxy groups -OCH3 is 1. The Kier molecular flexibility index (Phi) is 7.18. The Morgan fingerprint density at radius 3 is 2.58 bits per heavy atom. The fraction of sp³-hybridized carbons (Fsp3) is 0.182. The summed E-state index contributed by atoms with van der Waals surface area (Å²) in [4.78, 5) is 4.75. The molecule has 0 saturated carbocycles. The Bertz CT molecular complexity index is 1480. The van der Waals surface area contributed by atoms with Crippen LogP contribution in [0.4, 0.5) is 11.4 Å². The topological polar surface area (TPSA) is 42.8 Å². The van der Waals surface area contributed by atoms with E-state index in [1.807, 2.05) is 30.5 Å². The van der Waals surface area contributed by atoms with E-state index in [2.05, 4.69) is 107 Å². The van der Waals surface area contributed by atoms with E-state index < -0.39 is 0 Å². The van der Waals surface area contributed by atoms with Crippen molar-refractivity contribution in [1.82, 2.24) is 0 Å². The number of ether oxygens (including phenoxy) is 2. The molecule has 5 heteroatoms. The zero-order valence-corrected chi connectivity index (χ0v) is 23.3. The molecule has 4 aromatic rings. The fourth-order valence-corrected chi connectivity index (χ4v) is 6.26. The van der Waals surface area contributed by atoms with Crippen LogP contribution >= 0.6 is 22.6 Å². The fourth-order valence-electron chi connectivity index (χ4n) is 5.47. The Morgan fingerprint density at radius 2 is 1.76 bits per heavy atom. The van der Waals surface area contributed by atoms with Crippen LogP contribution in [0.25, 0.3) is 0 Å². The van der Waals surface area contributed by atoms with Crippen molar-refractivity contribution in [2.75, 3.05) is 12.4 Å². The van der Waals surface area contributed by atoms with Crippen molar-refractivity contribution in [3.05, 3.63) is 129 Å². The van der Waals surface area contributed by atoms with Gasteiger partial charge in [0.25, 0.3) is 0 Å². The lowest BCUT2D eigenvalue weighted by atomic mass is 9.77. The quantitative estimate of drug-likeness (QED) is 0.129. The molecule has 4 aromatic carbocycles.